The van der Waals surface area contributed by atoms with E-state index < -0.39 is 0 Å². The molecular weight excluding hydrogens is 312 g/mol. The standard InChI is InChI=1S/C13H17BrN2OS/c1-3-5-15-12(11-4-6-17-13(11)14)7-10-8-18-9(2)16-10/h4,6,8,12,15H,3,5,7H2,1-2H3. The lowest BCUT2D eigenvalue weighted by Gasteiger charge is -2.16. The molecule has 3 nitrogen and oxygen atoms in total. The SMILES string of the molecule is CCCNC(Cc1csc(C)n1)c1ccoc1Br. The molecule has 0 aliphatic carbocycles. The highest BCUT2D eigenvalue weighted by molar-refractivity contribution is 9.10. The summed E-state index contributed by atoms with van der Waals surface area (Å²) in [6, 6.07) is 2.26. The van der Waals surface area contributed by atoms with Crippen LogP contribution in [0.1, 0.15) is 35.7 Å². The van der Waals surface area contributed by atoms with E-state index in [4.69, 9.17) is 4.42 Å². The third kappa shape index (κ3) is 3.43. The van der Waals surface area contributed by atoms with Crippen molar-refractivity contribution < 1.29 is 4.42 Å². The van der Waals surface area contributed by atoms with Gasteiger partial charge in [0.15, 0.2) is 4.67 Å². The van der Waals surface area contributed by atoms with E-state index in [0.29, 0.717) is 0 Å². The van der Waals surface area contributed by atoms with Crippen molar-refractivity contribution in [1.29, 1.82) is 0 Å². The Morgan fingerprint density at radius 2 is 2.39 bits per heavy atom. The molecule has 0 saturated heterocycles. The van der Waals surface area contributed by atoms with E-state index in [1.54, 1.807) is 17.6 Å². The number of hydrogen-bond acceptors (Lipinski definition) is 4. The highest BCUT2D eigenvalue weighted by Gasteiger charge is 2.17. The lowest BCUT2D eigenvalue weighted by atomic mass is 10.1. The fourth-order valence-electron chi connectivity index (χ4n) is 1.88. The molecule has 0 aromatic carbocycles. The molecule has 2 aromatic heterocycles. The summed E-state index contributed by atoms with van der Waals surface area (Å²) in [7, 11) is 0. The van der Waals surface area contributed by atoms with E-state index in [-0.39, 0.29) is 6.04 Å². The summed E-state index contributed by atoms with van der Waals surface area (Å²) in [5.74, 6) is 0. The summed E-state index contributed by atoms with van der Waals surface area (Å²) in [6.07, 6.45) is 3.72. The van der Waals surface area contributed by atoms with Crippen LogP contribution in [0.5, 0.6) is 0 Å². The van der Waals surface area contributed by atoms with Crippen molar-refractivity contribution in [2.24, 2.45) is 0 Å². The molecule has 2 rings (SSSR count). The Morgan fingerprint density at radius 1 is 1.56 bits per heavy atom. The van der Waals surface area contributed by atoms with Crippen LogP contribution in [-0.2, 0) is 6.42 Å². The first-order valence-electron chi connectivity index (χ1n) is 6.08. The lowest BCUT2D eigenvalue weighted by Crippen LogP contribution is -2.24. The quantitative estimate of drug-likeness (QED) is 0.867. The third-order valence-electron chi connectivity index (χ3n) is 2.74. The molecule has 2 heterocycles. The summed E-state index contributed by atoms with van der Waals surface area (Å²) < 4.78 is 6.14. The summed E-state index contributed by atoms with van der Waals surface area (Å²) in [6.45, 7) is 5.20. The topological polar surface area (TPSA) is 38.1 Å². The molecule has 0 bridgehead atoms. The summed E-state index contributed by atoms with van der Waals surface area (Å²) >= 11 is 5.15. The molecule has 2 aromatic rings. The first-order valence-corrected chi connectivity index (χ1v) is 7.75. The van der Waals surface area contributed by atoms with Crippen molar-refractivity contribution in [2.45, 2.75) is 32.7 Å². The number of nitrogens with one attached hydrogen (secondary N) is 1. The number of rotatable bonds is 6. The van der Waals surface area contributed by atoms with Crippen LogP contribution < -0.4 is 5.32 Å². The van der Waals surface area contributed by atoms with Crippen molar-refractivity contribution in [2.75, 3.05) is 6.54 Å². The molecule has 1 unspecified atom stereocenters. The van der Waals surface area contributed by atoms with Crippen molar-refractivity contribution in [1.82, 2.24) is 10.3 Å². The minimum absolute atomic E-state index is 0.250. The van der Waals surface area contributed by atoms with Gasteiger partial charge in [-0.1, -0.05) is 6.92 Å². The predicted molar refractivity (Wildman–Crippen MR) is 78.0 cm³/mol. The molecule has 0 amide bonds. The number of halogens is 1. The maximum atomic E-state index is 5.33. The Balaban J connectivity index is 2.12. The number of furan rings is 1. The van der Waals surface area contributed by atoms with Gasteiger partial charge in [0.2, 0.25) is 0 Å². The van der Waals surface area contributed by atoms with Gasteiger partial charge in [-0.25, -0.2) is 4.98 Å². The Hall–Kier alpha value is -0.650. The Labute approximate surface area is 120 Å². The van der Waals surface area contributed by atoms with Crippen molar-refractivity contribution in [3.63, 3.8) is 0 Å². The molecule has 1 N–H and O–H groups in total. The van der Waals surface area contributed by atoms with Crippen LogP contribution in [0, 0.1) is 6.92 Å². The van der Waals surface area contributed by atoms with Crippen LogP contribution in [-0.4, -0.2) is 11.5 Å². The fourth-order valence-corrected chi connectivity index (χ4v) is 3.02. The number of aromatic nitrogens is 1. The zero-order valence-electron chi connectivity index (χ0n) is 10.6. The van der Waals surface area contributed by atoms with Gasteiger partial charge in [-0.15, -0.1) is 11.3 Å². The molecule has 98 valence electrons. The zero-order chi connectivity index (χ0) is 13.0. The van der Waals surface area contributed by atoms with Gasteiger partial charge < -0.3 is 9.73 Å². The molecule has 0 fully saturated rings. The minimum Gasteiger partial charge on any atom is -0.457 e. The van der Waals surface area contributed by atoms with Crippen LogP contribution in [0.15, 0.2) is 26.8 Å². The van der Waals surface area contributed by atoms with Crippen LogP contribution in [0.2, 0.25) is 0 Å². The maximum absolute atomic E-state index is 5.33. The molecule has 0 aliphatic heterocycles. The number of thiazole rings is 1. The number of hydrogen-bond donors (Lipinski definition) is 1. The fraction of sp³-hybridized carbons (Fsp3) is 0.462. The smallest absolute Gasteiger partial charge is 0.173 e. The molecule has 0 saturated carbocycles. The number of aryl methyl sites for hydroxylation is 1. The predicted octanol–water partition coefficient (Wildman–Crippen LogP) is 4.09. The molecule has 5 heteroatoms. The Kier molecular flexibility index (Phi) is 4.97. The first kappa shape index (κ1) is 13.8. The molecular formula is C13H17BrN2OS. The Morgan fingerprint density at radius 3 is 2.94 bits per heavy atom. The highest BCUT2D eigenvalue weighted by atomic mass is 79.9. The van der Waals surface area contributed by atoms with E-state index in [9.17, 15) is 0 Å². The second-order valence-electron chi connectivity index (χ2n) is 4.22. The summed E-state index contributed by atoms with van der Waals surface area (Å²) in [5, 5.41) is 6.79. The minimum atomic E-state index is 0.250. The van der Waals surface area contributed by atoms with Crippen molar-refractivity contribution >= 4 is 27.3 Å². The van der Waals surface area contributed by atoms with E-state index in [1.165, 1.54) is 0 Å². The van der Waals surface area contributed by atoms with Crippen molar-refractivity contribution in [3.05, 3.63) is 38.6 Å². The monoisotopic (exact) mass is 328 g/mol. The van der Waals surface area contributed by atoms with Gasteiger partial charge in [-0.3, -0.25) is 0 Å². The van der Waals surface area contributed by atoms with Gasteiger partial charge in [0.1, 0.15) is 0 Å². The second kappa shape index (κ2) is 6.50. The van der Waals surface area contributed by atoms with E-state index in [2.05, 4.69) is 38.5 Å². The third-order valence-corrected chi connectivity index (χ3v) is 4.21. The van der Waals surface area contributed by atoms with Gasteiger partial charge >= 0.3 is 0 Å². The summed E-state index contributed by atoms with van der Waals surface area (Å²) in [5.41, 5.74) is 2.30. The average Bonchev–Trinajstić information content (AvgIpc) is 2.93. The van der Waals surface area contributed by atoms with E-state index >= 15 is 0 Å². The summed E-state index contributed by atoms with van der Waals surface area (Å²) in [4.78, 5) is 4.53. The van der Waals surface area contributed by atoms with Crippen LogP contribution in [0.3, 0.4) is 0 Å². The van der Waals surface area contributed by atoms with Crippen LogP contribution in [0.25, 0.3) is 0 Å². The Bertz CT molecular complexity index is 495. The van der Waals surface area contributed by atoms with Crippen molar-refractivity contribution in [3.8, 4) is 0 Å². The maximum Gasteiger partial charge on any atom is 0.173 e. The lowest BCUT2D eigenvalue weighted by molar-refractivity contribution is 0.495. The molecule has 18 heavy (non-hydrogen) atoms. The van der Waals surface area contributed by atoms with E-state index in [0.717, 1.165) is 40.3 Å². The second-order valence-corrected chi connectivity index (χ2v) is 6.00. The molecule has 1 atom stereocenters. The average molecular weight is 329 g/mol. The zero-order valence-corrected chi connectivity index (χ0v) is 13.0. The highest BCUT2D eigenvalue weighted by Crippen LogP contribution is 2.27. The van der Waals surface area contributed by atoms with Gasteiger partial charge in [-0.2, -0.15) is 0 Å². The largest absolute Gasteiger partial charge is 0.457 e. The van der Waals surface area contributed by atoms with Crippen LogP contribution in [0.4, 0.5) is 0 Å². The molecule has 0 radical (unpaired) electrons. The van der Waals surface area contributed by atoms with Gasteiger partial charge in [-0.05, 0) is 41.9 Å². The van der Waals surface area contributed by atoms with Gasteiger partial charge in [0.05, 0.1) is 17.0 Å². The molecule has 0 aliphatic rings. The van der Waals surface area contributed by atoms with E-state index in [1.807, 2.05) is 13.0 Å². The van der Waals surface area contributed by atoms with Crippen LogP contribution >= 0.6 is 27.3 Å². The number of nitrogens with zero attached hydrogens (tertiary/aromatic N) is 1. The van der Waals surface area contributed by atoms with Gasteiger partial charge in [0, 0.05) is 23.4 Å². The van der Waals surface area contributed by atoms with Gasteiger partial charge in [0.25, 0.3) is 0 Å². The molecule has 0 spiro atoms. The normalized spacial score (nSPS) is 12.8. The first-order chi connectivity index (χ1) is 8.70.